The van der Waals surface area contributed by atoms with Crippen LogP contribution in [-0.2, 0) is 22.4 Å². The Balaban J connectivity index is 1.49. The number of hydrogen-bond donors (Lipinski definition) is 3. The van der Waals surface area contributed by atoms with Gasteiger partial charge < -0.3 is 20.5 Å². The molecule has 0 aliphatic carbocycles. The first-order valence-electron chi connectivity index (χ1n) is 12.8. The minimum Gasteiger partial charge on any atom is -0.478 e. The summed E-state index contributed by atoms with van der Waals surface area (Å²) < 4.78 is 5.34. The highest BCUT2D eigenvalue weighted by molar-refractivity contribution is 5.91. The smallest absolute Gasteiger partial charge is 0.344 e. The average Bonchev–Trinajstić information content (AvgIpc) is 2.91. The lowest BCUT2D eigenvalue weighted by atomic mass is 10.0. The van der Waals surface area contributed by atoms with E-state index in [1.165, 1.54) is 11.9 Å². The molecule has 0 saturated carbocycles. The quantitative estimate of drug-likeness (QED) is 0.241. The van der Waals surface area contributed by atoms with E-state index in [1.54, 1.807) is 7.11 Å². The summed E-state index contributed by atoms with van der Waals surface area (Å²) in [5.41, 5.74) is 1.79. The molecule has 1 atom stereocenters. The van der Waals surface area contributed by atoms with Crippen LogP contribution in [0.15, 0.2) is 42.7 Å². The van der Waals surface area contributed by atoms with Crippen LogP contribution < -0.4 is 10.6 Å². The molecule has 0 radical (unpaired) electrons. The van der Waals surface area contributed by atoms with Crippen molar-refractivity contribution in [2.45, 2.75) is 51.1 Å². The van der Waals surface area contributed by atoms with Crippen LogP contribution in [0, 0.1) is 0 Å². The number of carbonyl (C=O) groups is 1. The van der Waals surface area contributed by atoms with Gasteiger partial charge in [0.2, 0.25) is 0 Å². The normalized spacial score (nSPS) is 14.8. The molecule has 3 heterocycles. The molecule has 36 heavy (non-hydrogen) atoms. The Morgan fingerprint density at radius 3 is 2.86 bits per heavy atom. The molecule has 0 bridgehead atoms. The van der Waals surface area contributed by atoms with E-state index in [9.17, 15) is 9.90 Å². The van der Waals surface area contributed by atoms with Crippen molar-refractivity contribution in [1.29, 1.82) is 0 Å². The third-order valence-electron chi connectivity index (χ3n) is 6.90. The maximum atomic E-state index is 12.8. The number of pyridine rings is 1. The number of ether oxygens (including phenoxy) is 1. The molecule has 192 valence electrons. The van der Waals surface area contributed by atoms with Gasteiger partial charge in [0.25, 0.3) is 0 Å². The molecule has 1 aromatic carbocycles. The van der Waals surface area contributed by atoms with Crippen molar-refractivity contribution < 1.29 is 14.6 Å². The number of aromatic nitrogens is 3. The first-order chi connectivity index (χ1) is 17.6. The van der Waals surface area contributed by atoms with E-state index in [1.807, 2.05) is 36.1 Å². The number of carboxylic acids is 1. The van der Waals surface area contributed by atoms with Crippen LogP contribution in [-0.4, -0.2) is 69.9 Å². The van der Waals surface area contributed by atoms with Crippen molar-refractivity contribution in [3.8, 4) is 0 Å². The standard InChI is InChI=1S/C27H36N6O3/c1-3-27(26(34)35,32-25-22-11-4-5-12-23(22)29-19-30-25)33(17-18-36-2)16-7-6-10-21-14-13-20-9-8-15-28-24(20)31-21/h4-5,11-14,19H,3,6-10,15-18H2,1-2H3,(H,28,31)(H,34,35)(H,29,30,32). The summed E-state index contributed by atoms with van der Waals surface area (Å²) in [5, 5.41) is 17.9. The Hall–Kier alpha value is -3.30. The second-order valence-corrected chi connectivity index (χ2v) is 9.16. The van der Waals surface area contributed by atoms with Crippen molar-refractivity contribution in [3.05, 3.63) is 54.0 Å². The van der Waals surface area contributed by atoms with Gasteiger partial charge in [-0.2, -0.15) is 0 Å². The molecule has 1 aliphatic heterocycles. The molecule has 0 saturated heterocycles. The lowest BCUT2D eigenvalue weighted by molar-refractivity contribution is -0.150. The molecule has 1 aliphatic rings. The molecule has 0 spiro atoms. The van der Waals surface area contributed by atoms with Gasteiger partial charge in [0.05, 0.1) is 12.1 Å². The predicted molar refractivity (Wildman–Crippen MR) is 141 cm³/mol. The fourth-order valence-corrected chi connectivity index (χ4v) is 4.84. The Morgan fingerprint density at radius 1 is 1.19 bits per heavy atom. The van der Waals surface area contributed by atoms with Gasteiger partial charge in [0.1, 0.15) is 18.0 Å². The highest BCUT2D eigenvalue weighted by Gasteiger charge is 2.43. The van der Waals surface area contributed by atoms with Gasteiger partial charge in [-0.3, -0.25) is 4.90 Å². The lowest BCUT2D eigenvalue weighted by Gasteiger charge is -2.41. The number of methoxy groups -OCH3 is 1. The number of unbranched alkanes of at least 4 members (excludes halogenated alkanes) is 1. The summed E-state index contributed by atoms with van der Waals surface area (Å²) in [7, 11) is 1.63. The Bertz CT molecular complexity index is 1170. The Labute approximate surface area is 212 Å². The lowest BCUT2D eigenvalue weighted by Crippen LogP contribution is -2.61. The van der Waals surface area contributed by atoms with Crippen LogP contribution in [0.25, 0.3) is 10.9 Å². The van der Waals surface area contributed by atoms with E-state index >= 15 is 0 Å². The van der Waals surface area contributed by atoms with Gasteiger partial charge in [0, 0.05) is 37.8 Å². The number of fused-ring (bicyclic) bond motifs is 2. The number of carboxylic acid groups (broad SMARTS) is 1. The highest BCUT2D eigenvalue weighted by Crippen LogP contribution is 2.28. The number of nitrogens with one attached hydrogen (secondary N) is 2. The van der Waals surface area contributed by atoms with Gasteiger partial charge in [-0.25, -0.2) is 19.7 Å². The van der Waals surface area contributed by atoms with E-state index in [-0.39, 0.29) is 0 Å². The number of benzene rings is 1. The van der Waals surface area contributed by atoms with Crippen LogP contribution in [0.3, 0.4) is 0 Å². The Morgan fingerprint density at radius 2 is 2.06 bits per heavy atom. The second kappa shape index (κ2) is 12.1. The van der Waals surface area contributed by atoms with Gasteiger partial charge in [0.15, 0.2) is 5.66 Å². The molecule has 0 fully saturated rings. The third-order valence-corrected chi connectivity index (χ3v) is 6.90. The summed E-state index contributed by atoms with van der Waals surface area (Å²) in [5.74, 6) is 0.585. The zero-order chi connectivity index (χ0) is 25.4. The number of rotatable bonds is 13. The van der Waals surface area contributed by atoms with Gasteiger partial charge >= 0.3 is 5.97 Å². The summed E-state index contributed by atoms with van der Waals surface area (Å²) in [6.07, 6.45) is 6.63. The molecule has 9 heteroatoms. The highest BCUT2D eigenvalue weighted by atomic mass is 16.5. The predicted octanol–water partition coefficient (Wildman–Crippen LogP) is 3.96. The zero-order valence-electron chi connectivity index (χ0n) is 21.2. The molecule has 1 unspecified atom stereocenters. The number of nitrogens with zero attached hydrogens (tertiary/aromatic N) is 4. The molecule has 4 rings (SSSR count). The maximum Gasteiger partial charge on any atom is 0.344 e. The summed E-state index contributed by atoms with van der Waals surface area (Å²) in [6.45, 7) is 4.37. The monoisotopic (exact) mass is 492 g/mol. The van der Waals surface area contributed by atoms with Crippen molar-refractivity contribution in [2.24, 2.45) is 0 Å². The maximum absolute atomic E-state index is 12.8. The number of para-hydroxylation sites is 1. The van der Waals surface area contributed by atoms with Crippen molar-refractivity contribution in [2.75, 3.05) is 44.0 Å². The fourth-order valence-electron chi connectivity index (χ4n) is 4.84. The van der Waals surface area contributed by atoms with Crippen LogP contribution in [0.2, 0.25) is 0 Å². The summed E-state index contributed by atoms with van der Waals surface area (Å²) in [6, 6.07) is 11.9. The number of anilines is 2. The first-order valence-corrected chi connectivity index (χ1v) is 12.8. The number of hydrogen-bond acceptors (Lipinski definition) is 8. The van der Waals surface area contributed by atoms with Gasteiger partial charge in [-0.05, 0) is 62.3 Å². The van der Waals surface area contributed by atoms with Crippen LogP contribution in [0.1, 0.15) is 43.9 Å². The van der Waals surface area contributed by atoms with Crippen LogP contribution in [0.5, 0.6) is 0 Å². The summed E-state index contributed by atoms with van der Waals surface area (Å²) in [4.78, 5) is 28.3. The van der Waals surface area contributed by atoms with E-state index in [4.69, 9.17) is 9.72 Å². The minimum atomic E-state index is -1.33. The molecule has 3 N–H and O–H groups in total. The van der Waals surface area contributed by atoms with Crippen molar-refractivity contribution >= 4 is 28.5 Å². The third kappa shape index (κ3) is 5.74. The Kier molecular flexibility index (Phi) is 8.66. The van der Waals surface area contributed by atoms with E-state index < -0.39 is 11.6 Å². The zero-order valence-corrected chi connectivity index (χ0v) is 21.2. The summed E-state index contributed by atoms with van der Waals surface area (Å²) >= 11 is 0. The average molecular weight is 493 g/mol. The first kappa shape index (κ1) is 25.8. The minimum absolute atomic E-state index is 0.350. The molecule has 9 nitrogen and oxygen atoms in total. The molecule has 0 amide bonds. The van der Waals surface area contributed by atoms with Crippen molar-refractivity contribution in [3.63, 3.8) is 0 Å². The van der Waals surface area contributed by atoms with Crippen LogP contribution >= 0.6 is 0 Å². The van der Waals surface area contributed by atoms with E-state index in [0.717, 1.165) is 61.1 Å². The van der Waals surface area contributed by atoms with E-state index in [2.05, 4.69) is 32.7 Å². The topological polar surface area (TPSA) is 112 Å². The van der Waals surface area contributed by atoms with Crippen molar-refractivity contribution in [1.82, 2.24) is 19.9 Å². The number of aliphatic carboxylic acids is 1. The molecule has 2 aromatic heterocycles. The number of aryl methyl sites for hydroxylation is 2. The SMILES string of the molecule is CCC(Nc1ncnc2ccccc12)(C(=O)O)N(CCCCc1ccc2c(n1)NCCC2)CCOC. The molecular weight excluding hydrogens is 456 g/mol. The van der Waals surface area contributed by atoms with Gasteiger partial charge in [-0.15, -0.1) is 0 Å². The largest absolute Gasteiger partial charge is 0.478 e. The molecular formula is C27H36N6O3. The van der Waals surface area contributed by atoms with Crippen LogP contribution in [0.4, 0.5) is 11.6 Å². The second-order valence-electron chi connectivity index (χ2n) is 9.16. The molecule has 3 aromatic rings. The van der Waals surface area contributed by atoms with Gasteiger partial charge in [-0.1, -0.05) is 25.1 Å². The fraction of sp³-hybridized carbons (Fsp3) is 0.481. The van der Waals surface area contributed by atoms with E-state index in [0.29, 0.717) is 31.9 Å².